The van der Waals surface area contributed by atoms with E-state index in [4.69, 9.17) is 4.74 Å². The molecule has 1 heterocycles. The Morgan fingerprint density at radius 3 is 2.54 bits per heavy atom. The third-order valence-corrected chi connectivity index (χ3v) is 4.37. The molecule has 1 atom stereocenters. The van der Waals surface area contributed by atoms with E-state index in [1.165, 1.54) is 4.90 Å². The minimum Gasteiger partial charge on any atom is -0.377 e. The average Bonchev–Trinajstić information content (AvgIpc) is 2.78. The molecule has 3 rings (SSSR count). The summed E-state index contributed by atoms with van der Waals surface area (Å²) >= 11 is 0. The molecular weight excluding hydrogens is 304 g/mol. The first kappa shape index (κ1) is 16.5. The van der Waals surface area contributed by atoms with Crippen molar-refractivity contribution in [2.45, 2.75) is 32.4 Å². The van der Waals surface area contributed by atoms with Gasteiger partial charge in [0.25, 0.3) is 5.91 Å². The van der Waals surface area contributed by atoms with Gasteiger partial charge >= 0.3 is 6.03 Å². The predicted octanol–water partition coefficient (Wildman–Crippen LogP) is 3.03. The van der Waals surface area contributed by atoms with Crippen LogP contribution in [0.5, 0.6) is 0 Å². The molecular formula is C19H22N2O3. The summed E-state index contributed by atoms with van der Waals surface area (Å²) in [5.41, 5.74) is -0.259. The number of rotatable bonds is 5. The lowest BCUT2D eigenvalue weighted by Gasteiger charge is -2.23. The normalized spacial score (nSPS) is 20.9. The SMILES string of the molecule is CC(C)OCCN1C(=O)NC(C)(c2ccc3ccccc3c2)C1=O. The Hall–Kier alpha value is -2.40. The van der Waals surface area contributed by atoms with Crippen LogP contribution in [0, 0.1) is 0 Å². The van der Waals surface area contributed by atoms with Gasteiger partial charge in [-0.15, -0.1) is 0 Å². The highest BCUT2D eigenvalue weighted by Gasteiger charge is 2.48. The number of nitrogens with one attached hydrogen (secondary N) is 1. The number of ether oxygens (including phenoxy) is 1. The molecule has 0 aliphatic carbocycles. The van der Waals surface area contributed by atoms with E-state index in [9.17, 15) is 9.59 Å². The molecule has 24 heavy (non-hydrogen) atoms. The van der Waals surface area contributed by atoms with Gasteiger partial charge in [-0.25, -0.2) is 4.79 Å². The first-order valence-corrected chi connectivity index (χ1v) is 8.17. The zero-order chi connectivity index (χ0) is 17.3. The number of carbonyl (C=O) groups excluding carboxylic acids is 2. The van der Waals surface area contributed by atoms with Gasteiger partial charge in [0.15, 0.2) is 0 Å². The van der Waals surface area contributed by atoms with E-state index in [0.717, 1.165) is 16.3 Å². The molecule has 126 valence electrons. The lowest BCUT2D eigenvalue weighted by molar-refractivity contribution is -0.131. The molecule has 1 unspecified atom stereocenters. The van der Waals surface area contributed by atoms with Crippen LogP contribution in [-0.2, 0) is 15.1 Å². The molecule has 0 saturated carbocycles. The van der Waals surface area contributed by atoms with Gasteiger partial charge in [-0.05, 0) is 43.2 Å². The van der Waals surface area contributed by atoms with Gasteiger partial charge in [-0.2, -0.15) is 0 Å². The Kier molecular flexibility index (Phi) is 4.28. The number of nitrogens with zero attached hydrogens (tertiary/aromatic N) is 1. The number of urea groups is 1. The Bertz CT molecular complexity index is 787. The third-order valence-electron chi connectivity index (χ3n) is 4.37. The van der Waals surface area contributed by atoms with Crippen LogP contribution in [0.4, 0.5) is 4.79 Å². The number of fused-ring (bicyclic) bond motifs is 1. The maximum atomic E-state index is 12.8. The van der Waals surface area contributed by atoms with Crippen LogP contribution >= 0.6 is 0 Å². The quantitative estimate of drug-likeness (QED) is 0.859. The molecule has 1 aliphatic heterocycles. The highest BCUT2D eigenvalue weighted by molar-refractivity contribution is 6.07. The van der Waals surface area contributed by atoms with Crippen LogP contribution < -0.4 is 5.32 Å². The fourth-order valence-electron chi connectivity index (χ4n) is 2.98. The highest BCUT2D eigenvalue weighted by atomic mass is 16.5. The zero-order valence-electron chi connectivity index (χ0n) is 14.2. The van der Waals surface area contributed by atoms with Crippen LogP contribution in [-0.4, -0.2) is 36.1 Å². The average molecular weight is 326 g/mol. The number of hydrogen-bond acceptors (Lipinski definition) is 3. The maximum Gasteiger partial charge on any atom is 0.325 e. The molecule has 1 aliphatic rings. The Morgan fingerprint density at radius 2 is 1.83 bits per heavy atom. The van der Waals surface area contributed by atoms with Crippen molar-refractivity contribution in [3.63, 3.8) is 0 Å². The standard InChI is InChI=1S/C19H22N2O3/c1-13(2)24-11-10-21-17(22)19(3,20-18(21)23)16-9-8-14-6-4-5-7-15(14)12-16/h4-9,12-13H,10-11H2,1-3H3,(H,20,23). The first-order valence-electron chi connectivity index (χ1n) is 8.17. The Balaban J connectivity index is 1.86. The molecule has 5 nitrogen and oxygen atoms in total. The monoisotopic (exact) mass is 326 g/mol. The number of carbonyl (C=O) groups is 2. The number of benzene rings is 2. The van der Waals surface area contributed by atoms with Crippen molar-refractivity contribution < 1.29 is 14.3 Å². The van der Waals surface area contributed by atoms with Gasteiger partial charge in [0.2, 0.25) is 0 Å². The predicted molar refractivity (Wildman–Crippen MR) is 92.6 cm³/mol. The molecule has 2 aromatic rings. The van der Waals surface area contributed by atoms with E-state index in [0.29, 0.717) is 6.61 Å². The molecule has 3 amide bonds. The summed E-state index contributed by atoms with van der Waals surface area (Å²) in [6.45, 7) is 6.19. The lowest BCUT2D eigenvalue weighted by Crippen LogP contribution is -2.41. The summed E-state index contributed by atoms with van der Waals surface area (Å²) in [5.74, 6) is -0.241. The van der Waals surface area contributed by atoms with E-state index in [2.05, 4.69) is 5.32 Å². The molecule has 0 aromatic heterocycles. The number of amides is 3. The highest BCUT2D eigenvalue weighted by Crippen LogP contribution is 2.30. The number of hydrogen-bond donors (Lipinski definition) is 1. The first-order chi connectivity index (χ1) is 11.4. The smallest absolute Gasteiger partial charge is 0.325 e. The molecule has 2 aromatic carbocycles. The van der Waals surface area contributed by atoms with E-state index in [1.807, 2.05) is 56.3 Å². The van der Waals surface area contributed by atoms with Gasteiger partial charge < -0.3 is 10.1 Å². The van der Waals surface area contributed by atoms with Gasteiger partial charge in [-0.1, -0.05) is 36.4 Å². The van der Waals surface area contributed by atoms with Crippen molar-refractivity contribution >= 4 is 22.7 Å². The van der Waals surface area contributed by atoms with Crippen molar-refractivity contribution in [1.82, 2.24) is 10.2 Å². The minimum absolute atomic E-state index is 0.0673. The largest absolute Gasteiger partial charge is 0.377 e. The zero-order valence-corrected chi connectivity index (χ0v) is 14.2. The summed E-state index contributed by atoms with van der Waals surface area (Å²) in [4.78, 5) is 26.3. The van der Waals surface area contributed by atoms with E-state index in [-0.39, 0.29) is 24.6 Å². The summed E-state index contributed by atoms with van der Waals surface area (Å²) < 4.78 is 5.46. The Labute approximate surface area is 141 Å². The van der Waals surface area contributed by atoms with E-state index < -0.39 is 5.54 Å². The van der Waals surface area contributed by atoms with Crippen LogP contribution in [0.25, 0.3) is 10.8 Å². The maximum absolute atomic E-state index is 12.8. The van der Waals surface area contributed by atoms with E-state index >= 15 is 0 Å². The van der Waals surface area contributed by atoms with Crippen LogP contribution in [0.2, 0.25) is 0 Å². The Morgan fingerprint density at radius 1 is 1.12 bits per heavy atom. The molecule has 5 heteroatoms. The molecule has 0 spiro atoms. The fourth-order valence-corrected chi connectivity index (χ4v) is 2.98. The number of imide groups is 1. The van der Waals surface area contributed by atoms with Gasteiger partial charge in [0.05, 0.1) is 19.3 Å². The van der Waals surface area contributed by atoms with E-state index in [1.54, 1.807) is 6.92 Å². The fraction of sp³-hybridized carbons (Fsp3) is 0.368. The molecule has 0 bridgehead atoms. The molecule has 0 radical (unpaired) electrons. The van der Waals surface area contributed by atoms with Gasteiger partial charge in [-0.3, -0.25) is 9.69 Å². The van der Waals surface area contributed by atoms with Crippen molar-refractivity contribution in [3.8, 4) is 0 Å². The van der Waals surface area contributed by atoms with Gasteiger partial charge in [0, 0.05) is 0 Å². The van der Waals surface area contributed by atoms with Crippen molar-refractivity contribution in [2.75, 3.05) is 13.2 Å². The molecule has 1 N–H and O–H groups in total. The third kappa shape index (κ3) is 2.87. The minimum atomic E-state index is -1.04. The van der Waals surface area contributed by atoms with Gasteiger partial charge in [0.1, 0.15) is 5.54 Å². The summed E-state index contributed by atoms with van der Waals surface area (Å²) in [6.07, 6.45) is 0.0673. The topological polar surface area (TPSA) is 58.6 Å². The van der Waals surface area contributed by atoms with Crippen molar-refractivity contribution in [2.24, 2.45) is 0 Å². The molecule has 1 saturated heterocycles. The summed E-state index contributed by atoms with van der Waals surface area (Å²) in [7, 11) is 0. The van der Waals surface area contributed by atoms with Crippen molar-refractivity contribution in [1.29, 1.82) is 0 Å². The second-order valence-corrected chi connectivity index (χ2v) is 6.49. The summed E-state index contributed by atoms with van der Waals surface area (Å²) in [5, 5.41) is 4.97. The van der Waals surface area contributed by atoms with Crippen LogP contribution in [0.3, 0.4) is 0 Å². The van der Waals surface area contributed by atoms with Crippen LogP contribution in [0.15, 0.2) is 42.5 Å². The van der Waals surface area contributed by atoms with Crippen molar-refractivity contribution in [3.05, 3.63) is 48.0 Å². The molecule has 1 fully saturated rings. The summed E-state index contributed by atoms with van der Waals surface area (Å²) in [6, 6.07) is 13.4. The second kappa shape index (κ2) is 6.24. The second-order valence-electron chi connectivity index (χ2n) is 6.49. The lowest BCUT2D eigenvalue weighted by atomic mass is 9.90. The van der Waals surface area contributed by atoms with Crippen LogP contribution in [0.1, 0.15) is 26.3 Å².